The molecular weight excluding hydrogens is 652 g/mol. The van der Waals surface area contributed by atoms with Crippen LogP contribution in [0.1, 0.15) is 50.7 Å². The molecule has 7 atom stereocenters. The molecule has 51 heavy (non-hydrogen) atoms. The van der Waals surface area contributed by atoms with Gasteiger partial charge in [-0.3, -0.25) is 19.2 Å². The average Bonchev–Trinajstić information content (AvgIpc) is 3.90. The summed E-state index contributed by atoms with van der Waals surface area (Å²) in [6.45, 7) is 9.53. The van der Waals surface area contributed by atoms with Gasteiger partial charge in [-0.05, 0) is 50.3 Å². The number of amides is 3. The Morgan fingerprint density at radius 3 is 2.61 bits per heavy atom. The number of hydrogen-bond donors (Lipinski definition) is 1. The van der Waals surface area contributed by atoms with Crippen LogP contribution in [0.4, 0.5) is 0 Å². The monoisotopic (exact) mass is 698 g/mol. The fourth-order valence-corrected chi connectivity index (χ4v) is 8.04. The van der Waals surface area contributed by atoms with Crippen molar-refractivity contribution in [3.8, 4) is 0 Å². The first-order chi connectivity index (χ1) is 24.7. The van der Waals surface area contributed by atoms with E-state index in [1.165, 1.54) is 4.90 Å². The highest BCUT2D eigenvalue weighted by atomic mass is 16.6. The van der Waals surface area contributed by atoms with E-state index in [9.17, 15) is 24.3 Å². The minimum Gasteiger partial charge on any atom is -0.455 e. The predicted molar refractivity (Wildman–Crippen MR) is 187 cm³/mol. The second-order valence-electron chi connectivity index (χ2n) is 13.6. The summed E-state index contributed by atoms with van der Waals surface area (Å²) in [4.78, 5) is 61.1. The maximum Gasteiger partial charge on any atom is 0.313 e. The number of aliphatic hydroxyl groups excluding tert-OH is 1. The molecule has 13 nitrogen and oxygen atoms in total. The summed E-state index contributed by atoms with van der Waals surface area (Å²) in [6, 6.07) is 15.1. The van der Waals surface area contributed by atoms with E-state index in [2.05, 4.69) is 23.5 Å². The first-order valence-corrected chi connectivity index (χ1v) is 17.6. The Kier molecular flexibility index (Phi) is 10.7. The van der Waals surface area contributed by atoms with Crippen molar-refractivity contribution in [3.63, 3.8) is 0 Å². The van der Waals surface area contributed by atoms with Crippen molar-refractivity contribution in [2.24, 2.45) is 11.8 Å². The number of benzene rings is 2. The van der Waals surface area contributed by atoms with E-state index in [-0.39, 0.29) is 56.9 Å². The van der Waals surface area contributed by atoms with Crippen molar-refractivity contribution < 1.29 is 33.8 Å². The van der Waals surface area contributed by atoms with Gasteiger partial charge in [0.25, 0.3) is 0 Å². The standard InChI is InChI=1S/C38H46N6O7/c1-5-7-18-30(46)41(4)25(3)33(26-14-9-8-10-15-26)50-37(49)31-29-19-20-38(51-29)32(31)35(47)43(22-13-23-45)34(38)36(48)42(21-6-2)24-44-28-17-12-11-16-27(28)39-40-44/h5-6,8-12,14-17,25,29,31-34,45H,1-2,7,13,18-24H2,3-4H3/t25-,29+,31-,32-,33+,34+,38-/m0/s1. The number of carbonyl (C=O) groups excluding carboxylic acids is 4. The van der Waals surface area contributed by atoms with Crippen LogP contribution >= 0.6 is 0 Å². The number of fused-ring (bicyclic) bond motifs is 2. The Hall–Kier alpha value is -4.88. The molecule has 6 rings (SSSR count). The number of para-hydroxylation sites is 1. The smallest absolute Gasteiger partial charge is 0.313 e. The zero-order valence-electron chi connectivity index (χ0n) is 29.2. The van der Waals surface area contributed by atoms with Gasteiger partial charge in [0, 0.05) is 33.2 Å². The van der Waals surface area contributed by atoms with Gasteiger partial charge >= 0.3 is 5.97 Å². The first kappa shape index (κ1) is 35.9. The summed E-state index contributed by atoms with van der Waals surface area (Å²) in [5.41, 5.74) is 0.854. The third-order valence-electron chi connectivity index (χ3n) is 10.6. The summed E-state index contributed by atoms with van der Waals surface area (Å²) >= 11 is 0. The lowest BCUT2D eigenvalue weighted by molar-refractivity contribution is -0.164. The molecule has 3 aromatic rings. The maximum absolute atomic E-state index is 14.7. The number of ether oxygens (including phenoxy) is 2. The van der Waals surface area contributed by atoms with Crippen molar-refractivity contribution in [2.75, 3.05) is 26.7 Å². The lowest BCUT2D eigenvalue weighted by Crippen LogP contribution is -2.56. The van der Waals surface area contributed by atoms with Crippen LogP contribution in [0.25, 0.3) is 11.0 Å². The van der Waals surface area contributed by atoms with E-state index >= 15 is 0 Å². The molecule has 1 aromatic heterocycles. The van der Waals surface area contributed by atoms with Crippen LogP contribution in [0.2, 0.25) is 0 Å². The number of likely N-dealkylation sites (tertiary alicyclic amines) is 1. The van der Waals surface area contributed by atoms with Gasteiger partial charge < -0.3 is 29.3 Å². The van der Waals surface area contributed by atoms with Crippen molar-refractivity contribution in [1.82, 2.24) is 29.7 Å². The molecule has 0 aliphatic carbocycles. The fourth-order valence-electron chi connectivity index (χ4n) is 8.04. The van der Waals surface area contributed by atoms with E-state index < -0.39 is 47.7 Å². The van der Waals surface area contributed by atoms with Crippen molar-refractivity contribution in [2.45, 2.75) is 75.6 Å². The van der Waals surface area contributed by atoms with Gasteiger partial charge in [0.15, 0.2) is 0 Å². The molecule has 1 N–H and O–H groups in total. The maximum atomic E-state index is 14.7. The molecular formula is C38H46N6O7. The molecule has 3 amide bonds. The largest absolute Gasteiger partial charge is 0.455 e. The molecule has 0 radical (unpaired) electrons. The Balaban J connectivity index is 1.30. The molecule has 270 valence electrons. The van der Waals surface area contributed by atoms with Gasteiger partial charge in [0.2, 0.25) is 17.7 Å². The molecule has 3 saturated heterocycles. The number of aromatic nitrogens is 3. The highest BCUT2D eigenvalue weighted by Gasteiger charge is 2.75. The number of carbonyl (C=O) groups is 4. The number of hydrogen-bond acceptors (Lipinski definition) is 9. The van der Waals surface area contributed by atoms with Crippen LogP contribution in [-0.4, -0.2) is 109 Å². The van der Waals surface area contributed by atoms with E-state index in [0.717, 1.165) is 5.52 Å². The quantitative estimate of drug-likeness (QED) is 0.176. The first-order valence-electron chi connectivity index (χ1n) is 17.6. The number of aliphatic hydroxyl groups is 1. The van der Waals surface area contributed by atoms with Crippen molar-refractivity contribution in [1.29, 1.82) is 0 Å². The summed E-state index contributed by atoms with van der Waals surface area (Å²) in [7, 11) is 1.68. The van der Waals surface area contributed by atoms with Crippen LogP contribution in [0.15, 0.2) is 79.9 Å². The van der Waals surface area contributed by atoms with Crippen LogP contribution < -0.4 is 0 Å². The van der Waals surface area contributed by atoms with E-state index in [1.807, 2.05) is 61.5 Å². The SMILES string of the molecule is C=CCCC(=O)N(C)[C@@H](C)[C@@H](OC(=O)[C@@H]1[C@H]2C(=O)N(CCCO)[C@H](C(=O)N(CC=C)Cn3nnc4ccccc43)[C@]23CC[C@H]1O3)c1ccccc1. The molecule has 1 spiro atoms. The second-order valence-corrected chi connectivity index (χ2v) is 13.6. The van der Waals surface area contributed by atoms with Gasteiger partial charge in [-0.2, -0.15) is 0 Å². The molecule has 3 aliphatic rings. The van der Waals surface area contributed by atoms with Gasteiger partial charge in [-0.15, -0.1) is 18.3 Å². The number of allylic oxidation sites excluding steroid dienone is 1. The third kappa shape index (κ3) is 6.56. The summed E-state index contributed by atoms with van der Waals surface area (Å²) in [5.74, 6) is -3.40. The van der Waals surface area contributed by atoms with Crippen molar-refractivity contribution >= 4 is 34.7 Å². The third-order valence-corrected chi connectivity index (χ3v) is 10.6. The van der Waals surface area contributed by atoms with Gasteiger partial charge in [0.1, 0.15) is 29.9 Å². The molecule has 4 heterocycles. The van der Waals surface area contributed by atoms with E-state index in [4.69, 9.17) is 9.47 Å². The number of esters is 1. The van der Waals surface area contributed by atoms with E-state index in [0.29, 0.717) is 30.3 Å². The average molecular weight is 699 g/mol. The Morgan fingerprint density at radius 1 is 1.14 bits per heavy atom. The zero-order valence-corrected chi connectivity index (χ0v) is 29.2. The lowest BCUT2D eigenvalue weighted by atomic mass is 9.70. The zero-order chi connectivity index (χ0) is 36.3. The lowest BCUT2D eigenvalue weighted by Gasteiger charge is -2.36. The topological polar surface area (TPSA) is 147 Å². The van der Waals surface area contributed by atoms with Crippen LogP contribution in [0.5, 0.6) is 0 Å². The normalized spacial score (nSPS) is 24.6. The summed E-state index contributed by atoms with van der Waals surface area (Å²) < 4.78 is 14.6. The summed E-state index contributed by atoms with van der Waals surface area (Å²) in [6.07, 6.45) is 3.73. The molecule has 2 aromatic carbocycles. The predicted octanol–water partition coefficient (Wildman–Crippen LogP) is 3.26. The molecule has 0 unspecified atom stereocenters. The molecule has 2 bridgehead atoms. The Bertz CT molecular complexity index is 1780. The second kappa shape index (κ2) is 15.2. The summed E-state index contributed by atoms with van der Waals surface area (Å²) in [5, 5.41) is 18.3. The van der Waals surface area contributed by atoms with E-state index in [1.54, 1.807) is 33.7 Å². The number of rotatable bonds is 16. The molecule has 3 aliphatic heterocycles. The Labute approximate surface area is 297 Å². The van der Waals surface area contributed by atoms with Crippen LogP contribution in [0.3, 0.4) is 0 Å². The molecule has 3 fully saturated rings. The van der Waals surface area contributed by atoms with Crippen LogP contribution in [0, 0.1) is 11.8 Å². The van der Waals surface area contributed by atoms with Gasteiger partial charge in [0.05, 0.1) is 29.5 Å². The fraction of sp³-hybridized carbons (Fsp3) is 0.474. The van der Waals surface area contributed by atoms with Gasteiger partial charge in [-0.25, -0.2) is 4.68 Å². The highest BCUT2D eigenvalue weighted by molar-refractivity contribution is 5.98. The molecule has 13 heteroatoms. The van der Waals surface area contributed by atoms with Crippen LogP contribution in [-0.2, 0) is 35.3 Å². The highest BCUT2D eigenvalue weighted by Crippen LogP contribution is 2.59. The molecule has 0 saturated carbocycles. The van der Waals surface area contributed by atoms with Crippen molar-refractivity contribution in [3.05, 3.63) is 85.5 Å². The minimum absolute atomic E-state index is 0.0508. The van der Waals surface area contributed by atoms with Gasteiger partial charge in [-0.1, -0.05) is 59.8 Å². The number of likely N-dealkylation sites (N-methyl/N-ethyl adjacent to an activating group) is 1. The Morgan fingerprint density at radius 2 is 1.88 bits per heavy atom. The number of nitrogens with zero attached hydrogens (tertiary/aromatic N) is 6. The minimum atomic E-state index is -1.27.